The van der Waals surface area contributed by atoms with Crippen molar-refractivity contribution < 1.29 is 0 Å². The van der Waals surface area contributed by atoms with E-state index < -0.39 is 0 Å². The average molecular weight is 175 g/mol. The summed E-state index contributed by atoms with van der Waals surface area (Å²) in [4.78, 5) is 0. The third-order valence-corrected chi connectivity index (χ3v) is 2.76. The first-order valence-corrected chi connectivity index (χ1v) is 5.17. The van der Waals surface area contributed by atoms with Gasteiger partial charge in [-0.15, -0.1) is 0 Å². The topological polar surface area (TPSA) is 12.0 Å². The van der Waals surface area contributed by atoms with Gasteiger partial charge in [-0.2, -0.15) is 0 Å². The Morgan fingerprint density at radius 3 is 1.92 bits per heavy atom. The minimum atomic E-state index is 0.925. The van der Waals surface area contributed by atoms with Gasteiger partial charge in [-0.3, -0.25) is 0 Å². The Morgan fingerprint density at radius 2 is 1.77 bits per heavy atom. The van der Waals surface area contributed by atoms with Crippen LogP contribution in [0.5, 0.6) is 0 Å². The molecular formula is C12H17N. The van der Waals surface area contributed by atoms with Gasteiger partial charge in [0, 0.05) is 0 Å². The summed E-state index contributed by atoms with van der Waals surface area (Å²) < 4.78 is 0. The van der Waals surface area contributed by atoms with Crippen molar-refractivity contribution in [2.24, 2.45) is 5.92 Å². The van der Waals surface area contributed by atoms with Crippen molar-refractivity contribution >= 4 is 0 Å². The van der Waals surface area contributed by atoms with Crippen LogP contribution in [-0.2, 0) is 0 Å². The lowest BCUT2D eigenvalue weighted by atomic mass is 9.95. The zero-order valence-corrected chi connectivity index (χ0v) is 8.22. The molecule has 1 unspecified atom stereocenters. The van der Waals surface area contributed by atoms with Crippen LogP contribution in [-0.4, -0.2) is 13.1 Å². The summed E-state index contributed by atoms with van der Waals surface area (Å²) in [6.45, 7) is 4.77. The van der Waals surface area contributed by atoms with Gasteiger partial charge in [-0.25, -0.2) is 0 Å². The number of hydrogen-bond acceptors (Lipinski definition) is 1. The highest BCUT2D eigenvalue weighted by molar-refractivity contribution is 5.75. The second kappa shape index (κ2) is 3.93. The maximum Gasteiger partial charge on any atom is -0.00231 e. The van der Waals surface area contributed by atoms with Crippen LogP contribution in [0.1, 0.15) is 19.8 Å². The fourth-order valence-electron chi connectivity index (χ4n) is 1.69. The molecule has 0 aromatic carbocycles. The molecule has 0 aromatic rings. The van der Waals surface area contributed by atoms with Crippen LogP contribution in [0.3, 0.4) is 0 Å². The Morgan fingerprint density at radius 1 is 1.15 bits per heavy atom. The SMILES string of the molecule is CC1CCCNC1.c1cc2ccc1-2. The van der Waals surface area contributed by atoms with Crippen molar-refractivity contribution in [2.75, 3.05) is 13.1 Å². The smallest absolute Gasteiger partial charge is 0.00231 e. The molecule has 0 bridgehead atoms. The predicted octanol–water partition coefficient (Wildman–Crippen LogP) is 2.67. The summed E-state index contributed by atoms with van der Waals surface area (Å²) >= 11 is 0. The van der Waals surface area contributed by atoms with Gasteiger partial charge < -0.3 is 5.32 Å². The Kier molecular flexibility index (Phi) is 2.65. The van der Waals surface area contributed by atoms with Crippen molar-refractivity contribution in [2.45, 2.75) is 19.8 Å². The molecule has 0 spiro atoms. The van der Waals surface area contributed by atoms with E-state index in [2.05, 4.69) is 36.5 Å². The molecule has 1 aliphatic heterocycles. The minimum Gasteiger partial charge on any atom is -0.316 e. The summed E-state index contributed by atoms with van der Waals surface area (Å²) in [5.74, 6) is 0.925. The van der Waals surface area contributed by atoms with E-state index in [1.54, 1.807) is 0 Å². The lowest BCUT2D eigenvalue weighted by Crippen LogP contribution is -2.27. The van der Waals surface area contributed by atoms with E-state index in [4.69, 9.17) is 0 Å². The summed E-state index contributed by atoms with van der Waals surface area (Å²) in [5, 5.41) is 3.33. The normalized spacial score (nSPS) is 23.0. The van der Waals surface area contributed by atoms with Gasteiger partial charge in [0.25, 0.3) is 0 Å². The van der Waals surface area contributed by atoms with Crippen LogP contribution < -0.4 is 5.32 Å². The maximum absolute atomic E-state index is 3.33. The van der Waals surface area contributed by atoms with E-state index in [9.17, 15) is 0 Å². The highest BCUT2D eigenvalue weighted by atomic mass is 14.9. The van der Waals surface area contributed by atoms with Crippen LogP contribution in [0.4, 0.5) is 0 Å². The van der Waals surface area contributed by atoms with Crippen molar-refractivity contribution in [1.29, 1.82) is 0 Å². The van der Waals surface area contributed by atoms with E-state index in [1.807, 2.05) is 0 Å². The van der Waals surface area contributed by atoms with Gasteiger partial charge in [-0.1, -0.05) is 31.2 Å². The number of piperidine rings is 1. The highest BCUT2D eigenvalue weighted by Crippen LogP contribution is 2.29. The fraction of sp³-hybridized carbons (Fsp3) is 0.500. The molecule has 0 aromatic heterocycles. The molecule has 1 fully saturated rings. The summed E-state index contributed by atoms with van der Waals surface area (Å²) in [6, 6.07) is 8.48. The number of nitrogens with one attached hydrogen (secondary N) is 1. The summed E-state index contributed by atoms with van der Waals surface area (Å²) in [7, 11) is 0. The van der Waals surface area contributed by atoms with E-state index >= 15 is 0 Å². The quantitative estimate of drug-likeness (QED) is 0.649. The number of benzene rings is 1. The Bertz CT molecular complexity index is 236. The molecule has 13 heavy (non-hydrogen) atoms. The van der Waals surface area contributed by atoms with Gasteiger partial charge in [0.05, 0.1) is 0 Å². The van der Waals surface area contributed by atoms with E-state index in [0.29, 0.717) is 0 Å². The van der Waals surface area contributed by atoms with Crippen molar-refractivity contribution in [3.8, 4) is 11.1 Å². The van der Waals surface area contributed by atoms with Gasteiger partial charge in [0.1, 0.15) is 0 Å². The molecule has 0 saturated carbocycles. The molecule has 1 atom stereocenters. The molecular weight excluding hydrogens is 158 g/mol. The zero-order chi connectivity index (χ0) is 9.10. The highest BCUT2D eigenvalue weighted by Gasteiger charge is 2.05. The summed E-state index contributed by atoms with van der Waals surface area (Å²) in [5.41, 5.74) is 2.85. The number of fused-ring (bicyclic) bond motifs is 1. The second-order valence-electron chi connectivity index (χ2n) is 4.03. The fourth-order valence-corrected chi connectivity index (χ4v) is 1.69. The maximum atomic E-state index is 3.33. The van der Waals surface area contributed by atoms with Crippen molar-refractivity contribution in [3.05, 3.63) is 24.3 Å². The lowest BCUT2D eigenvalue weighted by Gasteiger charge is -2.17. The van der Waals surface area contributed by atoms with E-state index in [0.717, 1.165) is 5.92 Å². The largest absolute Gasteiger partial charge is 0.316 e. The monoisotopic (exact) mass is 175 g/mol. The molecule has 1 saturated heterocycles. The molecule has 0 radical (unpaired) electrons. The predicted molar refractivity (Wildman–Crippen MR) is 56.7 cm³/mol. The second-order valence-corrected chi connectivity index (χ2v) is 4.03. The van der Waals surface area contributed by atoms with Gasteiger partial charge in [0.15, 0.2) is 0 Å². The van der Waals surface area contributed by atoms with Crippen LogP contribution in [0, 0.1) is 5.92 Å². The van der Waals surface area contributed by atoms with Crippen molar-refractivity contribution in [3.63, 3.8) is 0 Å². The minimum absolute atomic E-state index is 0.925. The number of hydrogen-bond donors (Lipinski definition) is 1. The third-order valence-electron chi connectivity index (χ3n) is 2.76. The van der Waals surface area contributed by atoms with Crippen LogP contribution in [0.15, 0.2) is 24.3 Å². The van der Waals surface area contributed by atoms with E-state index in [-0.39, 0.29) is 0 Å². The summed E-state index contributed by atoms with van der Waals surface area (Å²) in [6.07, 6.45) is 2.80. The van der Waals surface area contributed by atoms with Crippen LogP contribution in [0.25, 0.3) is 11.1 Å². The van der Waals surface area contributed by atoms with Gasteiger partial charge >= 0.3 is 0 Å². The lowest BCUT2D eigenvalue weighted by molar-refractivity contribution is 0.405. The van der Waals surface area contributed by atoms with Crippen LogP contribution >= 0.6 is 0 Å². The molecule has 3 rings (SSSR count). The first-order valence-electron chi connectivity index (χ1n) is 5.17. The van der Waals surface area contributed by atoms with E-state index in [1.165, 1.54) is 37.1 Å². The first-order chi connectivity index (χ1) is 6.36. The Balaban J connectivity index is 0.000000101. The molecule has 2 aliphatic carbocycles. The number of rotatable bonds is 0. The molecule has 1 nitrogen and oxygen atoms in total. The molecule has 3 aliphatic rings. The Hall–Kier alpha value is -0.820. The Labute approximate surface area is 80.2 Å². The molecule has 0 amide bonds. The van der Waals surface area contributed by atoms with Gasteiger partial charge in [-0.05, 0) is 43.0 Å². The molecule has 70 valence electrons. The average Bonchev–Trinajstić information content (AvgIpc) is 2.14. The molecule has 1 heterocycles. The molecule has 1 N–H and O–H groups in total. The van der Waals surface area contributed by atoms with Crippen LogP contribution in [0.2, 0.25) is 0 Å². The first kappa shape index (κ1) is 8.76. The molecule has 1 heteroatoms. The van der Waals surface area contributed by atoms with Crippen molar-refractivity contribution in [1.82, 2.24) is 5.32 Å². The third kappa shape index (κ3) is 2.10. The van der Waals surface area contributed by atoms with Gasteiger partial charge in [0.2, 0.25) is 0 Å². The standard InChI is InChI=1S/C6H13N.C6H4/c1-6-3-2-4-7-5-6;1-2-6-4-3-5(1)6/h6-7H,2-5H2,1H3;1-4H. The zero-order valence-electron chi connectivity index (χ0n) is 8.22.